The highest BCUT2D eigenvalue weighted by atomic mass is 16.4. The Kier molecular flexibility index (Phi) is 21.2. The first kappa shape index (κ1) is 36.0. The molecule has 7 nitrogen and oxygen atoms in total. The number of carbonyl (C=O) groups excluding carboxylic acids is 2. The van der Waals surface area contributed by atoms with Crippen molar-refractivity contribution in [2.24, 2.45) is 5.92 Å². The van der Waals surface area contributed by atoms with Gasteiger partial charge in [0.05, 0.1) is 5.56 Å². The van der Waals surface area contributed by atoms with Crippen molar-refractivity contribution in [3.8, 4) is 0 Å². The van der Waals surface area contributed by atoms with Gasteiger partial charge in [0.25, 0.3) is 5.91 Å². The number of hydrogen-bond donors (Lipinski definition) is 3. The largest absolute Gasteiger partial charge is 0.480 e. The Labute approximate surface area is 252 Å². The van der Waals surface area contributed by atoms with Crippen LogP contribution in [-0.4, -0.2) is 40.5 Å². The lowest BCUT2D eigenvalue weighted by atomic mass is 10.0. The highest BCUT2D eigenvalue weighted by Crippen LogP contribution is 2.09. The predicted molar refractivity (Wildman–Crippen MR) is 172 cm³/mol. The van der Waals surface area contributed by atoms with E-state index in [2.05, 4.69) is 89.4 Å². The molecule has 2 amide bonds. The molecule has 2 atom stereocenters. The van der Waals surface area contributed by atoms with E-state index in [4.69, 9.17) is 0 Å². The normalized spacial score (nSPS) is 13.7. The quantitative estimate of drug-likeness (QED) is 0.126. The second-order valence-corrected chi connectivity index (χ2v) is 10.0. The zero-order chi connectivity index (χ0) is 30.7. The molecule has 0 radical (unpaired) electrons. The van der Waals surface area contributed by atoms with Crippen molar-refractivity contribution in [1.82, 2.24) is 15.6 Å². The first-order valence-electron chi connectivity index (χ1n) is 15.0. The molecule has 3 N–H and O–H groups in total. The van der Waals surface area contributed by atoms with Crippen LogP contribution in [0.25, 0.3) is 0 Å². The standard InChI is InChI=1S/C35H49N3O4/c1-3-4-5-6-7-8-9-10-11-12-13-14-15-16-17-18-19-20-21-24-33(39)37-28-30(2)25-26-32(35(41)42)38-34(40)31-23-22-27-36-29-31/h4-5,7-8,10-11,13-14,16-17,19-20,22-23,27,29-30,32H,3,6,9,12,15,18,21,24-26,28H2,1-2H3,(H,37,39)(H,38,40)(H,41,42)/b5-4-,8-7-,11-10-,14-13-,17-16-,20-19-. The molecule has 1 rings (SSSR count). The zero-order valence-electron chi connectivity index (χ0n) is 25.3. The van der Waals surface area contributed by atoms with Gasteiger partial charge in [-0.25, -0.2) is 4.79 Å². The highest BCUT2D eigenvalue weighted by molar-refractivity contribution is 5.96. The van der Waals surface area contributed by atoms with Gasteiger partial charge in [0.1, 0.15) is 6.04 Å². The number of hydrogen-bond acceptors (Lipinski definition) is 4. The van der Waals surface area contributed by atoms with Gasteiger partial charge in [-0.05, 0) is 75.8 Å². The lowest BCUT2D eigenvalue weighted by Crippen LogP contribution is -2.41. The SMILES string of the molecule is CC/C=C\C/C=C\C/C=C\C/C=C\C/C=C\C/C=C\CCC(=O)NCC(C)CCC(NC(=O)c1cccnc1)C(=O)O. The molecule has 2 unspecified atom stereocenters. The second-order valence-electron chi connectivity index (χ2n) is 10.0. The van der Waals surface area contributed by atoms with Crippen molar-refractivity contribution in [2.75, 3.05) is 6.54 Å². The molecule has 0 aliphatic carbocycles. The van der Waals surface area contributed by atoms with Crippen LogP contribution in [-0.2, 0) is 9.59 Å². The predicted octanol–water partition coefficient (Wildman–Crippen LogP) is 7.28. The van der Waals surface area contributed by atoms with Crippen molar-refractivity contribution in [3.63, 3.8) is 0 Å². The van der Waals surface area contributed by atoms with E-state index >= 15 is 0 Å². The molecule has 1 aromatic rings. The van der Waals surface area contributed by atoms with Crippen molar-refractivity contribution >= 4 is 17.8 Å². The van der Waals surface area contributed by atoms with Gasteiger partial charge < -0.3 is 15.7 Å². The number of allylic oxidation sites excluding steroid dienone is 12. The monoisotopic (exact) mass is 575 g/mol. The van der Waals surface area contributed by atoms with E-state index in [-0.39, 0.29) is 18.2 Å². The molecule has 0 saturated heterocycles. The van der Waals surface area contributed by atoms with Crippen LogP contribution in [0.1, 0.15) is 88.4 Å². The van der Waals surface area contributed by atoms with Gasteiger partial charge in [0.15, 0.2) is 0 Å². The third-order valence-electron chi connectivity index (χ3n) is 6.26. The van der Waals surface area contributed by atoms with E-state index in [1.807, 2.05) is 13.0 Å². The van der Waals surface area contributed by atoms with Gasteiger partial charge in [-0.3, -0.25) is 14.6 Å². The fourth-order valence-corrected chi connectivity index (χ4v) is 3.78. The number of pyridine rings is 1. The maximum atomic E-state index is 12.2. The summed E-state index contributed by atoms with van der Waals surface area (Å²) in [6.45, 7) is 4.56. The molecule has 1 aromatic heterocycles. The van der Waals surface area contributed by atoms with Crippen LogP contribution >= 0.6 is 0 Å². The van der Waals surface area contributed by atoms with Gasteiger partial charge in [0.2, 0.25) is 5.91 Å². The van der Waals surface area contributed by atoms with Crippen molar-refractivity contribution < 1.29 is 19.5 Å². The molecular weight excluding hydrogens is 526 g/mol. The number of carbonyl (C=O) groups is 3. The summed E-state index contributed by atoms with van der Waals surface area (Å²) in [7, 11) is 0. The maximum Gasteiger partial charge on any atom is 0.326 e. The van der Waals surface area contributed by atoms with Gasteiger partial charge in [-0.15, -0.1) is 0 Å². The van der Waals surface area contributed by atoms with E-state index in [0.717, 1.165) is 38.5 Å². The molecule has 1 heterocycles. The van der Waals surface area contributed by atoms with E-state index in [1.54, 1.807) is 18.3 Å². The zero-order valence-corrected chi connectivity index (χ0v) is 25.3. The minimum absolute atomic E-state index is 0.0268. The summed E-state index contributed by atoms with van der Waals surface area (Å²) < 4.78 is 0. The van der Waals surface area contributed by atoms with Crippen LogP contribution in [0.5, 0.6) is 0 Å². The lowest BCUT2D eigenvalue weighted by molar-refractivity contribution is -0.139. The topological polar surface area (TPSA) is 108 Å². The Morgan fingerprint density at radius 2 is 1.38 bits per heavy atom. The Morgan fingerprint density at radius 1 is 0.833 bits per heavy atom. The van der Waals surface area contributed by atoms with Gasteiger partial charge in [-0.2, -0.15) is 0 Å². The van der Waals surface area contributed by atoms with E-state index < -0.39 is 17.9 Å². The number of aliphatic carboxylic acids is 1. The van der Waals surface area contributed by atoms with Gasteiger partial charge in [-0.1, -0.05) is 86.8 Å². The van der Waals surface area contributed by atoms with Crippen LogP contribution in [0.2, 0.25) is 0 Å². The first-order chi connectivity index (χ1) is 20.4. The minimum atomic E-state index is -1.08. The Hall–Kier alpha value is -4.00. The lowest BCUT2D eigenvalue weighted by Gasteiger charge is -2.17. The Morgan fingerprint density at radius 3 is 1.88 bits per heavy atom. The van der Waals surface area contributed by atoms with Crippen LogP contribution in [0, 0.1) is 5.92 Å². The fourth-order valence-electron chi connectivity index (χ4n) is 3.78. The second kappa shape index (κ2) is 24.8. The van der Waals surface area contributed by atoms with Crippen LogP contribution in [0.15, 0.2) is 97.4 Å². The Balaban J connectivity index is 2.11. The molecule has 7 heteroatoms. The molecule has 0 bridgehead atoms. The average molecular weight is 576 g/mol. The minimum Gasteiger partial charge on any atom is -0.480 e. The average Bonchev–Trinajstić information content (AvgIpc) is 2.99. The maximum absolute atomic E-state index is 12.2. The number of amides is 2. The molecule has 228 valence electrons. The van der Waals surface area contributed by atoms with Crippen LogP contribution < -0.4 is 10.6 Å². The third-order valence-corrected chi connectivity index (χ3v) is 6.26. The molecule has 0 aliphatic rings. The fraction of sp³-hybridized carbons (Fsp3) is 0.429. The van der Waals surface area contributed by atoms with Crippen molar-refractivity contribution in [2.45, 2.75) is 84.1 Å². The third kappa shape index (κ3) is 20.0. The summed E-state index contributed by atoms with van der Waals surface area (Å²) in [5.74, 6) is -1.50. The summed E-state index contributed by atoms with van der Waals surface area (Å²) in [5.41, 5.74) is 0.316. The van der Waals surface area contributed by atoms with Gasteiger partial charge in [0, 0.05) is 25.4 Å². The van der Waals surface area contributed by atoms with Crippen molar-refractivity contribution in [3.05, 3.63) is 103 Å². The van der Waals surface area contributed by atoms with E-state index in [9.17, 15) is 19.5 Å². The Bertz CT molecular complexity index is 1070. The molecule has 42 heavy (non-hydrogen) atoms. The number of carboxylic acids is 1. The van der Waals surface area contributed by atoms with Crippen LogP contribution in [0.3, 0.4) is 0 Å². The molecule has 0 saturated carbocycles. The molecule has 0 fully saturated rings. The van der Waals surface area contributed by atoms with Crippen LogP contribution in [0.4, 0.5) is 0 Å². The van der Waals surface area contributed by atoms with E-state index in [0.29, 0.717) is 31.4 Å². The highest BCUT2D eigenvalue weighted by Gasteiger charge is 2.21. The summed E-state index contributed by atoms with van der Waals surface area (Å²) in [4.78, 5) is 39.8. The smallest absolute Gasteiger partial charge is 0.326 e. The summed E-state index contributed by atoms with van der Waals surface area (Å²) in [6, 6.07) is 2.21. The number of rotatable bonds is 22. The number of aromatic nitrogens is 1. The summed E-state index contributed by atoms with van der Waals surface area (Å²) in [6.07, 6.45) is 36.5. The molecule has 0 aromatic carbocycles. The molecule has 0 spiro atoms. The molecule has 0 aliphatic heterocycles. The van der Waals surface area contributed by atoms with Crippen molar-refractivity contribution in [1.29, 1.82) is 0 Å². The first-order valence-corrected chi connectivity index (χ1v) is 15.0. The molecular formula is C35H49N3O4. The summed E-state index contributed by atoms with van der Waals surface area (Å²) >= 11 is 0. The van der Waals surface area contributed by atoms with E-state index in [1.165, 1.54) is 6.20 Å². The number of carboxylic acid groups (broad SMARTS) is 1. The number of nitrogens with zero attached hydrogens (tertiary/aromatic N) is 1. The summed E-state index contributed by atoms with van der Waals surface area (Å²) in [5, 5.41) is 14.9. The number of nitrogens with one attached hydrogen (secondary N) is 2. The van der Waals surface area contributed by atoms with Gasteiger partial charge >= 0.3 is 5.97 Å².